The summed E-state index contributed by atoms with van der Waals surface area (Å²) in [4.78, 5) is 0. The molecule has 0 aromatic heterocycles. The normalized spacial score (nSPS) is 11.2. The third kappa shape index (κ3) is 11.0. The highest BCUT2D eigenvalue weighted by Gasteiger charge is 2.20. The SMILES string of the molecule is CCCCCCCCOc1c(CNC)cc(CC)c(CNC)c1OCCCCCCCC. The van der Waals surface area contributed by atoms with Gasteiger partial charge in [0.1, 0.15) is 0 Å². The van der Waals surface area contributed by atoms with E-state index in [1.807, 2.05) is 14.1 Å². The molecular weight excluding hydrogens is 396 g/mol. The van der Waals surface area contributed by atoms with Crippen molar-refractivity contribution in [1.82, 2.24) is 10.6 Å². The first-order valence-corrected chi connectivity index (χ1v) is 13.5. The maximum atomic E-state index is 6.47. The van der Waals surface area contributed by atoms with Crippen molar-refractivity contribution < 1.29 is 9.47 Å². The van der Waals surface area contributed by atoms with Gasteiger partial charge < -0.3 is 20.1 Å². The van der Waals surface area contributed by atoms with E-state index in [0.717, 1.165) is 57.1 Å². The van der Waals surface area contributed by atoms with Crippen molar-refractivity contribution in [3.05, 3.63) is 22.8 Å². The van der Waals surface area contributed by atoms with E-state index in [1.54, 1.807) is 0 Å². The summed E-state index contributed by atoms with van der Waals surface area (Å²) < 4.78 is 12.9. The molecule has 4 heteroatoms. The Kier molecular flexibility index (Phi) is 17.3. The van der Waals surface area contributed by atoms with Crippen molar-refractivity contribution >= 4 is 0 Å². The zero-order valence-electron chi connectivity index (χ0n) is 21.9. The molecule has 0 aliphatic rings. The van der Waals surface area contributed by atoms with Crippen LogP contribution in [0.3, 0.4) is 0 Å². The molecule has 2 N–H and O–H groups in total. The predicted molar refractivity (Wildman–Crippen MR) is 139 cm³/mol. The van der Waals surface area contributed by atoms with Gasteiger partial charge in [-0.15, -0.1) is 0 Å². The fraction of sp³-hybridized carbons (Fsp3) is 0.786. The van der Waals surface area contributed by atoms with Crippen LogP contribution in [0, 0.1) is 0 Å². The average molecular weight is 449 g/mol. The average Bonchev–Trinajstić information content (AvgIpc) is 2.80. The minimum absolute atomic E-state index is 0.765. The number of unbranched alkanes of at least 4 members (excludes halogenated alkanes) is 10. The molecule has 0 spiro atoms. The number of hydrogen-bond acceptors (Lipinski definition) is 4. The second kappa shape index (κ2) is 19.2. The molecule has 32 heavy (non-hydrogen) atoms. The van der Waals surface area contributed by atoms with Gasteiger partial charge in [0, 0.05) is 24.2 Å². The summed E-state index contributed by atoms with van der Waals surface area (Å²) in [5, 5.41) is 6.67. The summed E-state index contributed by atoms with van der Waals surface area (Å²) in [5.74, 6) is 1.94. The number of nitrogens with one attached hydrogen (secondary N) is 2. The molecule has 0 fully saturated rings. The van der Waals surface area contributed by atoms with Crippen LogP contribution < -0.4 is 20.1 Å². The molecule has 186 valence electrons. The highest BCUT2D eigenvalue weighted by Crippen LogP contribution is 2.38. The van der Waals surface area contributed by atoms with Crippen LogP contribution >= 0.6 is 0 Å². The van der Waals surface area contributed by atoms with E-state index in [4.69, 9.17) is 9.47 Å². The number of hydrogen-bond donors (Lipinski definition) is 2. The lowest BCUT2D eigenvalue weighted by atomic mass is 9.98. The van der Waals surface area contributed by atoms with E-state index in [-0.39, 0.29) is 0 Å². The van der Waals surface area contributed by atoms with Crippen LogP contribution in [0.15, 0.2) is 6.07 Å². The topological polar surface area (TPSA) is 42.5 Å². The molecule has 0 heterocycles. The standard InChI is InChI=1S/C28H52N2O2/c1-6-9-11-13-15-17-19-31-27-25(22-29-4)21-24(8-3)26(23-30-5)28(27)32-20-18-16-14-12-10-7-2/h21,29-30H,6-20,22-23H2,1-5H3. The lowest BCUT2D eigenvalue weighted by Crippen LogP contribution is -2.16. The molecule has 0 saturated heterocycles. The van der Waals surface area contributed by atoms with Crippen LogP contribution in [0.4, 0.5) is 0 Å². The van der Waals surface area contributed by atoms with E-state index >= 15 is 0 Å². The fourth-order valence-corrected chi connectivity index (χ4v) is 4.22. The Morgan fingerprint density at radius 1 is 0.594 bits per heavy atom. The van der Waals surface area contributed by atoms with Crippen molar-refractivity contribution in [3.63, 3.8) is 0 Å². The molecule has 0 radical (unpaired) electrons. The van der Waals surface area contributed by atoms with Gasteiger partial charge in [0.25, 0.3) is 0 Å². The lowest BCUT2D eigenvalue weighted by Gasteiger charge is -2.22. The Hall–Kier alpha value is -1.26. The van der Waals surface area contributed by atoms with Gasteiger partial charge in [-0.2, -0.15) is 0 Å². The number of ether oxygens (including phenoxy) is 2. The van der Waals surface area contributed by atoms with Gasteiger partial charge in [-0.1, -0.05) is 91.0 Å². The highest BCUT2D eigenvalue weighted by atomic mass is 16.5. The second-order valence-electron chi connectivity index (χ2n) is 8.98. The third-order valence-corrected chi connectivity index (χ3v) is 6.10. The molecule has 4 nitrogen and oxygen atoms in total. The molecule has 0 unspecified atom stereocenters. The van der Waals surface area contributed by atoms with Gasteiger partial charge in [-0.3, -0.25) is 0 Å². The first-order chi connectivity index (χ1) is 15.7. The van der Waals surface area contributed by atoms with Crippen LogP contribution in [0.2, 0.25) is 0 Å². The maximum Gasteiger partial charge on any atom is 0.166 e. The van der Waals surface area contributed by atoms with Crippen molar-refractivity contribution in [2.75, 3.05) is 27.3 Å². The Labute approximate surface area is 199 Å². The van der Waals surface area contributed by atoms with Gasteiger partial charge in [-0.05, 0) is 38.9 Å². The smallest absolute Gasteiger partial charge is 0.166 e. The number of rotatable bonds is 21. The molecule has 1 aromatic carbocycles. The number of benzene rings is 1. The van der Waals surface area contributed by atoms with Crippen LogP contribution in [-0.4, -0.2) is 27.3 Å². The lowest BCUT2D eigenvalue weighted by molar-refractivity contribution is 0.253. The quantitative estimate of drug-likeness (QED) is 0.196. The minimum atomic E-state index is 0.765. The van der Waals surface area contributed by atoms with E-state index in [2.05, 4.69) is 37.5 Å². The number of aryl methyl sites for hydroxylation is 1. The highest BCUT2D eigenvalue weighted by molar-refractivity contribution is 5.56. The Morgan fingerprint density at radius 3 is 1.59 bits per heavy atom. The van der Waals surface area contributed by atoms with Crippen LogP contribution in [0.25, 0.3) is 0 Å². The van der Waals surface area contributed by atoms with Crippen LogP contribution in [-0.2, 0) is 19.5 Å². The molecule has 1 rings (SSSR count). The summed E-state index contributed by atoms with van der Waals surface area (Å²) in [7, 11) is 4.01. The summed E-state index contributed by atoms with van der Waals surface area (Å²) in [6.07, 6.45) is 16.3. The molecule has 0 aliphatic carbocycles. The molecule has 0 saturated carbocycles. The van der Waals surface area contributed by atoms with Crippen molar-refractivity contribution in [1.29, 1.82) is 0 Å². The molecular formula is C28H52N2O2. The third-order valence-electron chi connectivity index (χ3n) is 6.10. The molecule has 0 bridgehead atoms. The van der Waals surface area contributed by atoms with Crippen molar-refractivity contribution in [2.24, 2.45) is 0 Å². The largest absolute Gasteiger partial charge is 0.489 e. The van der Waals surface area contributed by atoms with E-state index in [0.29, 0.717) is 0 Å². The second-order valence-corrected chi connectivity index (χ2v) is 8.98. The fourth-order valence-electron chi connectivity index (χ4n) is 4.22. The summed E-state index contributed by atoms with van der Waals surface area (Å²) in [6.45, 7) is 9.90. The molecule has 1 aromatic rings. The van der Waals surface area contributed by atoms with Crippen molar-refractivity contribution in [2.45, 2.75) is 117 Å². The van der Waals surface area contributed by atoms with Crippen molar-refractivity contribution in [3.8, 4) is 11.5 Å². The Morgan fingerprint density at radius 2 is 1.09 bits per heavy atom. The van der Waals surface area contributed by atoms with Gasteiger partial charge in [0.2, 0.25) is 0 Å². The van der Waals surface area contributed by atoms with Gasteiger partial charge >= 0.3 is 0 Å². The Balaban J connectivity index is 2.90. The van der Waals surface area contributed by atoms with Crippen LogP contribution in [0.5, 0.6) is 11.5 Å². The first kappa shape index (κ1) is 28.8. The van der Waals surface area contributed by atoms with E-state index in [1.165, 1.54) is 80.9 Å². The summed E-state index contributed by atoms with van der Waals surface area (Å²) in [6, 6.07) is 2.32. The minimum Gasteiger partial charge on any atom is -0.489 e. The van der Waals surface area contributed by atoms with E-state index < -0.39 is 0 Å². The van der Waals surface area contributed by atoms with Gasteiger partial charge in [-0.25, -0.2) is 0 Å². The van der Waals surface area contributed by atoms with E-state index in [9.17, 15) is 0 Å². The summed E-state index contributed by atoms with van der Waals surface area (Å²) >= 11 is 0. The zero-order chi connectivity index (χ0) is 23.4. The molecule has 0 amide bonds. The van der Waals surface area contributed by atoms with Gasteiger partial charge in [0.05, 0.1) is 13.2 Å². The zero-order valence-corrected chi connectivity index (χ0v) is 21.9. The molecule has 0 atom stereocenters. The summed E-state index contributed by atoms with van der Waals surface area (Å²) in [5.41, 5.74) is 3.83. The van der Waals surface area contributed by atoms with Crippen LogP contribution in [0.1, 0.15) is 115 Å². The molecule has 0 aliphatic heterocycles. The Bertz CT molecular complexity index is 589. The monoisotopic (exact) mass is 448 g/mol. The van der Waals surface area contributed by atoms with Gasteiger partial charge in [0.15, 0.2) is 11.5 Å². The first-order valence-electron chi connectivity index (χ1n) is 13.5. The predicted octanol–water partition coefficient (Wildman–Crippen LogP) is 7.17. The maximum absolute atomic E-state index is 6.47.